The summed E-state index contributed by atoms with van der Waals surface area (Å²) in [5.41, 5.74) is 0. The molecule has 1 rings (SSSR count). The van der Waals surface area contributed by atoms with Gasteiger partial charge in [0.25, 0.3) is 0 Å². The topological polar surface area (TPSA) is 72.9 Å². The van der Waals surface area contributed by atoms with Crippen molar-refractivity contribution in [2.75, 3.05) is 27.8 Å². The van der Waals surface area contributed by atoms with Crippen LogP contribution in [-0.4, -0.2) is 46.5 Å². The van der Waals surface area contributed by atoms with Crippen molar-refractivity contribution in [3.8, 4) is 5.75 Å². The van der Waals surface area contributed by atoms with E-state index in [4.69, 9.17) is 4.74 Å². The van der Waals surface area contributed by atoms with Crippen LogP contribution in [0.5, 0.6) is 5.75 Å². The number of benzene rings is 1. The molecule has 0 spiro atoms. The average Bonchev–Trinajstić information content (AvgIpc) is 2.44. The van der Waals surface area contributed by atoms with E-state index in [1.165, 1.54) is 33.4 Å². The highest BCUT2D eigenvalue weighted by Crippen LogP contribution is 2.20. The van der Waals surface area contributed by atoms with Gasteiger partial charge in [-0.1, -0.05) is 6.07 Å². The van der Waals surface area contributed by atoms with E-state index < -0.39 is 16.0 Å². The highest BCUT2D eigenvalue weighted by Gasteiger charge is 2.21. The minimum Gasteiger partial charge on any atom is -0.497 e. The number of carbonyl (C=O) groups is 1. The van der Waals surface area contributed by atoms with E-state index in [2.05, 4.69) is 4.74 Å². The molecule has 106 valence electrons. The number of methoxy groups -OCH3 is 2. The molecule has 7 heteroatoms. The van der Waals surface area contributed by atoms with Gasteiger partial charge in [-0.2, -0.15) is 0 Å². The van der Waals surface area contributed by atoms with E-state index in [1.54, 1.807) is 12.1 Å². The summed E-state index contributed by atoms with van der Waals surface area (Å²) < 4.78 is 35.0. The molecule has 0 aliphatic carbocycles. The quantitative estimate of drug-likeness (QED) is 0.726. The molecular formula is C12H17NO5S. The SMILES string of the molecule is COC(=O)CCN(C)S(=O)(=O)c1cccc(OC)c1. The summed E-state index contributed by atoms with van der Waals surface area (Å²) in [6.45, 7) is 0.0617. The Balaban J connectivity index is 2.87. The fourth-order valence-electron chi connectivity index (χ4n) is 1.41. The van der Waals surface area contributed by atoms with Gasteiger partial charge in [-0.15, -0.1) is 0 Å². The molecule has 0 aliphatic heterocycles. The summed E-state index contributed by atoms with van der Waals surface area (Å²) in [6, 6.07) is 6.17. The van der Waals surface area contributed by atoms with E-state index >= 15 is 0 Å². The van der Waals surface area contributed by atoms with E-state index in [0.29, 0.717) is 5.75 Å². The fraction of sp³-hybridized carbons (Fsp3) is 0.417. The Morgan fingerprint density at radius 2 is 2.00 bits per heavy atom. The molecule has 0 atom stereocenters. The zero-order valence-electron chi connectivity index (χ0n) is 11.1. The van der Waals surface area contributed by atoms with Gasteiger partial charge in [0.1, 0.15) is 5.75 Å². The molecule has 0 amide bonds. The molecule has 1 aromatic rings. The van der Waals surface area contributed by atoms with Crippen molar-refractivity contribution in [1.29, 1.82) is 0 Å². The maximum Gasteiger partial charge on any atom is 0.306 e. The van der Waals surface area contributed by atoms with Crippen LogP contribution in [0.1, 0.15) is 6.42 Å². The fourth-order valence-corrected chi connectivity index (χ4v) is 2.62. The van der Waals surface area contributed by atoms with Crippen LogP contribution in [0.15, 0.2) is 29.2 Å². The normalized spacial score (nSPS) is 11.4. The summed E-state index contributed by atoms with van der Waals surface area (Å²) in [5.74, 6) is 0.00938. The molecule has 0 aliphatic rings. The number of esters is 1. The first-order valence-corrected chi connectivity index (χ1v) is 7.03. The number of nitrogens with zero attached hydrogens (tertiary/aromatic N) is 1. The van der Waals surface area contributed by atoms with Crippen molar-refractivity contribution in [2.24, 2.45) is 0 Å². The Hall–Kier alpha value is -1.60. The molecule has 0 fully saturated rings. The number of hydrogen-bond acceptors (Lipinski definition) is 5. The van der Waals surface area contributed by atoms with Crippen molar-refractivity contribution in [1.82, 2.24) is 4.31 Å². The first-order chi connectivity index (χ1) is 8.91. The molecular weight excluding hydrogens is 270 g/mol. The summed E-state index contributed by atoms with van der Waals surface area (Å²) >= 11 is 0. The third-order valence-electron chi connectivity index (χ3n) is 2.61. The number of ether oxygens (including phenoxy) is 2. The average molecular weight is 287 g/mol. The predicted molar refractivity (Wildman–Crippen MR) is 69.4 cm³/mol. The standard InChI is InChI=1S/C12H17NO5S/c1-13(8-7-12(14)18-3)19(15,16)11-6-4-5-10(9-11)17-2/h4-6,9H,7-8H2,1-3H3. The van der Waals surface area contributed by atoms with E-state index in [0.717, 1.165) is 4.31 Å². The molecule has 6 nitrogen and oxygen atoms in total. The van der Waals surface area contributed by atoms with E-state index in [9.17, 15) is 13.2 Å². The minimum atomic E-state index is -3.63. The summed E-state index contributed by atoms with van der Waals surface area (Å²) in [7, 11) is 0.512. The predicted octanol–water partition coefficient (Wildman–Crippen LogP) is 0.879. The van der Waals surface area contributed by atoms with Gasteiger partial charge in [0.2, 0.25) is 10.0 Å². The van der Waals surface area contributed by atoms with Crippen molar-refractivity contribution in [3.63, 3.8) is 0 Å². The lowest BCUT2D eigenvalue weighted by molar-refractivity contribution is -0.140. The molecule has 0 N–H and O–H groups in total. The lowest BCUT2D eigenvalue weighted by Gasteiger charge is -2.16. The molecule has 0 aromatic heterocycles. The van der Waals surface area contributed by atoms with Gasteiger partial charge in [-0.05, 0) is 12.1 Å². The molecule has 0 heterocycles. The number of carbonyl (C=O) groups excluding carboxylic acids is 1. The Labute approximate surface area is 113 Å². The Morgan fingerprint density at radius 3 is 2.58 bits per heavy atom. The van der Waals surface area contributed by atoms with E-state index in [-0.39, 0.29) is 17.9 Å². The Kier molecular flexibility index (Phi) is 5.31. The molecule has 1 aromatic carbocycles. The molecule has 0 bridgehead atoms. The third kappa shape index (κ3) is 3.93. The van der Waals surface area contributed by atoms with Crippen LogP contribution in [0, 0.1) is 0 Å². The zero-order valence-corrected chi connectivity index (χ0v) is 11.9. The van der Waals surface area contributed by atoms with Gasteiger partial charge in [0, 0.05) is 19.7 Å². The second-order valence-electron chi connectivity index (χ2n) is 3.83. The van der Waals surface area contributed by atoms with Crippen LogP contribution in [0.4, 0.5) is 0 Å². The van der Waals surface area contributed by atoms with Gasteiger partial charge in [-0.25, -0.2) is 12.7 Å². The maximum atomic E-state index is 12.2. The molecule has 0 saturated carbocycles. The van der Waals surface area contributed by atoms with Gasteiger partial charge in [0.15, 0.2) is 0 Å². The van der Waals surface area contributed by atoms with Gasteiger partial charge < -0.3 is 9.47 Å². The van der Waals surface area contributed by atoms with Gasteiger partial charge in [0.05, 0.1) is 25.5 Å². The second-order valence-corrected chi connectivity index (χ2v) is 5.88. The summed E-state index contributed by atoms with van der Waals surface area (Å²) in [6.07, 6.45) is 0.0101. The van der Waals surface area contributed by atoms with Crippen LogP contribution in [-0.2, 0) is 19.6 Å². The molecule has 0 radical (unpaired) electrons. The lowest BCUT2D eigenvalue weighted by Crippen LogP contribution is -2.29. The Bertz CT molecular complexity index is 541. The second kappa shape index (κ2) is 6.53. The van der Waals surface area contributed by atoms with Crippen LogP contribution in [0.2, 0.25) is 0 Å². The smallest absolute Gasteiger partial charge is 0.306 e. The number of hydrogen-bond donors (Lipinski definition) is 0. The summed E-state index contributed by atoms with van der Waals surface area (Å²) in [5, 5.41) is 0. The van der Waals surface area contributed by atoms with Crippen molar-refractivity contribution >= 4 is 16.0 Å². The highest BCUT2D eigenvalue weighted by atomic mass is 32.2. The third-order valence-corrected chi connectivity index (χ3v) is 4.46. The van der Waals surface area contributed by atoms with Crippen LogP contribution in [0.25, 0.3) is 0 Å². The van der Waals surface area contributed by atoms with Crippen LogP contribution >= 0.6 is 0 Å². The zero-order chi connectivity index (χ0) is 14.5. The Morgan fingerprint density at radius 1 is 1.32 bits per heavy atom. The van der Waals surface area contributed by atoms with Crippen LogP contribution in [0.3, 0.4) is 0 Å². The van der Waals surface area contributed by atoms with Crippen LogP contribution < -0.4 is 4.74 Å². The first-order valence-electron chi connectivity index (χ1n) is 5.59. The first kappa shape index (κ1) is 15.5. The molecule has 0 unspecified atom stereocenters. The van der Waals surface area contributed by atoms with Crippen molar-refractivity contribution in [3.05, 3.63) is 24.3 Å². The summed E-state index contributed by atoms with van der Waals surface area (Å²) in [4.78, 5) is 11.1. The maximum absolute atomic E-state index is 12.2. The number of rotatable bonds is 6. The molecule has 0 saturated heterocycles. The largest absolute Gasteiger partial charge is 0.497 e. The van der Waals surface area contributed by atoms with E-state index in [1.807, 2.05) is 0 Å². The van der Waals surface area contributed by atoms with Crippen molar-refractivity contribution < 1.29 is 22.7 Å². The van der Waals surface area contributed by atoms with Gasteiger partial charge >= 0.3 is 5.97 Å². The highest BCUT2D eigenvalue weighted by molar-refractivity contribution is 7.89. The van der Waals surface area contributed by atoms with Crippen molar-refractivity contribution in [2.45, 2.75) is 11.3 Å². The number of sulfonamides is 1. The monoisotopic (exact) mass is 287 g/mol. The minimum absolute atomic E-state index is 0.0101. The van der Waals surface area contributed by atoms with Gasteiger partial charge in [-0.3, -0.25) is 4.79 Å². The molecule has 19 heavy (non-hydrogen) atoms. The lowest BCUT2D eigenvalue weighted by atomic mass is 10.3.